The maximum atomic E-state index is 13.2. The molecule has 8 heteroatoms. The summed E-state index contributed by atoms with van der Waals surface area (Å²) >= 11 is 5.90. The van der Waals surface area contributed by atoms with E-state index in [1.165, 1.54) is 12.1 Å². The van der Waals surface area contributed by atoms with Gasteiger partial charge in [0.2, 0.25) is 11.8 Å². The molecule has 0 saturated carbocycles. The van der Waals surface area contributed by atoms with Crippen LogP contribution in [0.1, 0.15) is 12.2 Å². The number of anilines is 1. The van der Waals surface area contributed by atoms with E-state index in [2.05, 4.69) is 5.32 Å². The first-order valence-corrected chi connectivity index (χ1v) is 9.68. The average Bonchev–Trinajstić information content (AvgIpc) is 3.20. The van der Waals surface area contributed by atoms with Gasteiger partial charge in [-0.25, -0.2) is 4.39 Å². The van der Waals surface area contributed by atoms with Gasteiger partial charge in [0.05, 0.1) is 13.1 Å². The third kappa shape index (κ3) is 6.09. The van der Waals surface area contributed by atoms with Gasteiger partial charge in [0, 0.05) is 29.2 Å². The highest BCUT2D eigenvalue weighted by atomic mass is 35.5. The van der Waals surface area contributed by atoms with Crippen LogP contribution in [0, 0.1) is 5.82 Å². The molecule has 2 amide bonds. The molecule has 1 heterocycles. The van der Waals surface area contributed by atoms with Crippen molar-refractivity contribution in [3.63, 3.8) is 0 Å². The molecule has 3 aromatic rings. The van der Waals surface area contributed by atoms with Crippen molar-refractivity contribution in [2.75, 3.05) is 18.0 Å². The number of primary amides is 1. The van der Waals surface area contributed by atoms with E-state index in [0.717, 1.165) is 5.56 Å². The first-order valence-electron chi connectivity index (χ1n) is 9.31. The summed E-state index contributed by atoms with van der Waals surface area (Å²) in [5.41, 5.74) is 6.72. The summed E-state index contributed by atoms with van der Waals surface area (Å²) in [7, 11) is 0. The third-order valence-electron chi connectivity index (χ3n) is 4.40. The van der Waals surface area contributed by atoms with Crippen LogP contribution in [0.3, 0.4) is 0 Å². The molecule has 0 radical (unpaired) electrons. The molecule has 0 aliphatic heterocycles. The van der Waals surface area contributed by atoms with E-state index < -0.39 is 5.91 Å². The van der Waals surface area contributed by atoms with Crippen LogP contribution in [0.2, 0.25) is 5.02 Å². The summed E-state index contributed by atoms with van der Waals surface area (Å²) in [5, 5.41) is 3.43. The van der Waals surface area contributed by atoms with Crippen molar-refractivity contribution in [1.29, 1.82) is 0 Å². The number of rotatable bonds is 9. The first kappa shape index (κ1) is 21.4. The summed E-state index contributed by atoms with van der Waals surface area (Å²) < 4.78 is 19.0. The fourth-order valence-electron chi connectivity index (χ4n) is 2.85. The van der Waals surface area contributed by atoms with Crippen molar-refractivity contribution in [2.24, 2.45) is 5.73 Å². The van der Waals surface area contributed by atoms with Gasteiger partial charge in [-0.1, -0.05) is 11.6 Å². The molecular weight excluding hydrogens is 409 g/mol. The Balaban J connectivity index is 1.59. The number of nitrogens with zero attached hydrogens (tertiary/aromatic N) is 1. The van der Waals surface area contributed by atoms with Gasteiger partial charge in [-0.15, -0.1) is 0 Å². The third-order valence-corrected chi connectivity index (χ3v) is 4.66. The lowest BCUT2D eigenvalue weighted by atomic mass is 10.2. The smallest absolute Gasteiger partial charge is 0.239 e. The van der Waals surface area contributed by atoms with Crippen LogP contribution in [-0.2, 0) is 16.1 Å². The number of hydrogen-bond donors (Lipinski definition) is 2. The molecule has 6 nitrogen and oxygen atoms in total. The summed E-state index contributed by atoms with van der Waals surface area (Å²) in [4.78, 5) is 25.2. The number of nitrogens with one attached hydrogen (secondary N) is 1. The first-order chi connectivity index (χ1) is 14.4. The zero-order valence-corrected chi connectivity index (χ0v) is 16.9. The Morgan fingerprint density at radius 2 is 1.73 bits per heavy atom. The highest BCUT2D eigenvalue weighted by Crippen LogP contribution is 2.23. The van der Waals surface area contributed by atoms with Gasteiger partial charge in [-0.2, -0.15) is 0 Å². The highest BCUT2D eigenvalue weighted by molar-refractivity contribution is 6.30. The van der Waals surface area contributed by atoms with E-state index >= 15 is 0 Å². The van der Waals surface area contributed by atoms with E-state index in [0.29, 0.717) is 22.2 Å². The SMILES string of the molecule is NC(=O)CCN(CC(=O)NCc1ccc(-c2ccc(Cl)cc2)o1)c1ccc(F)cc1. The molecule has 0 aliphatic carbocycles. The Labute approximate surface area is 178 Å². The fourth-order valence-corrected chi connectivity index (χ4v) is 2.98. The predicted octanol–water partition coefficient (Wildman–Crippen LogP) is 3.74. The topological polar surface area (TPSA) is 88.6 Å². The Kier molecular flexibility index (Phi) is 7.08. The molecule has 0 spiro atoms. The number of hydrogen-bond acceptors (Lipinski definition) is 4. The minimum absolute atomic E-state index is 0.0103. The molecule has 0 aliphatic rings. The van der Waals surface area contributed by atoms with E-state index in [-0.39, 0.29) is 37.8 Å². The van der Waals surface area contributed by atoms with Crippen LogP contribution < -0.4 is 16.0 Å². The minimum Gasteiger partial charge on any atom is -0.459 e. The van der Waals surface area contributed by atoms with Gasteiger partial charge in [0.25, 0.3) is 0 Å². The van der Waals surface area contributed by atoms with Crippen molar-refractivity contribution in [3.05, 3.63) is 77.3 Å². The number of benzene rings is 2. The maximum absolute atomic E-state index is 13.2. The zero-order valence-electron chi connectivity index (χ0n) is 16.1. The van der Waals surface area contributed by atoms with E-state index in [4.69, 9.17) is 21.8 Å². The standard InChI is InChI=1S/C22H21ClFN3O3/c23-16-3-1-15(2-4-16)20-10-9-19(30-20)13-26-22(29)14-27(12-11-21(25)28)18-7-5-17(24)6-8-18/h1-10H,11-14H2,(H2,25,28)(H,26,29). The Morgan fingerprint density at radius 3 is 2.40 bits per heavy atom. The molecule has 0 fully saturated rings. The van der Waals surface area contributed by atoms with Crippen molar-refractivity contribution in [1.82, 2.24) is 5.32 Å². The van der Waals surface area contributed by atoms with Gasteiger partial charge in [-0.3, -0.25) is 9.59 Å². The van der Waals surface area contributed by atoms with Crippen molar-refractivity contribution < 1.29 is 18.4 Å². The molecule has 156 valence electrons. The molecule has 0 saturated heterocycles. The molecule has 2 aromatic carbocycles. The number of furan rings is 1. The molecule has 1 aromatic heterocycles. The molecule has 0 bridgehead atoms. The number of carbonyl (C=O) groups excluding carboxylic acids is 2. The Morgan fingerprint density at radius 1 is 1.03 bits per heavy atom. The largest absolute Gasteiger partial charge is 0.459 e. The number of amides is 2. The fraction of sp³-hybridized carbons (Fsp3) is 0.182. The monoisotopic (exact) mass is 429 g/mol. The van der Waals surface area contributed by atoms with Gasteiger partial charge in [0.1, 0.15) is 17.3 Å². The van der Waals surface area contributed by atoms with Gasteiger partial charge in [0.15, 0.2) is 0 Å². The lowest BCUT2D eigenvalue weighted by Gasteiger charge is -2.23. The predicted molar refractivity (Wildman–Crippen MR) is 113 cm³/mol. The Hall–Kier alpha value is -3.32. The second kappa shape index (κ2) is 9.93. The van der Waals surface area contributed by atoms with Crippen LogP contribution in [0.5, 0.6) is 0 Å². The van der Waals surface area contributed by atoms with E-state index in [1.54, 1.807) is 35.2 Å². The van der Waals surface area contributed by atoms with Crippen molar-refractivity contribution in [3.8, 4) is 11.3 Å². The minimum atomic E-state index is -0.479. The van der Waals surface area contributed by atoms with Crippen LogP contribution in [0.15, 0.2) is 65.1 Å². The molecule has 30 heavy (non-hydrogen) atoms. The van der Waals surface area contributed by atoms with Gasteiger partial charge >= 0.3 is 0 Å². The maximum Gasteiger partial charge on any atom is 0.239 e. The number of carbonyl (C=O) groups is 2. The second-order valence-electron chi connectivity index (χ2n) is 6.66. The summed E-state index contributed by atoms with van der Waals surface area (Å²) in [6, 6.07) is 16.6. The normalized spacial score (nSPS) is 10.6. The summed E-state index contributed by atoms with van der Waals surface area (Å²) in [6.07, 6.45) is 0.0767. The van der Waals surface area contributed by atoms with E-state index in [1.807, 2.05) is 18.2 Å². The summed E-state index contributed by atoms with van der Waals surface area (Å²) in [5.74, 6) is 0.137. The highest BCUT2D eigenvalue weighted by Gasteiger charge is 2.14. The Bertz CT molecular complexity index is 1000. The van der Waals surface area contributed by atoms with Crippen LogP contribution in [0.4, 0.5) is 10.1 Å². The van der Waals surface area contributed by atoms with Gasteiger partial charge < -0.3 is 20.4 Å². The van der Waals surface area contributed by atoms with E-state index in [9.17, 15) is 14.0 Å². The lowest BCUT2D eigenvalue weighted by Crippen LogP contribution is -2.38. The molecule has 3 N–H and O–H groups in total. The van der Waals surface area contributed by atoms with Crippen LogP contribution in [0.25, 0.3) is 11.3 Å². The molecule has 0 atom stereocenters. The van der Waals surface area contributed by atoms with Gasteiger partial charge in [-0.05, 0) is 60.7 Å². The zero-order chi connectivity index (χ0) is 21.5. The molecule has 0 unspecified atom stereocenters. The quantitative estimate of drug-likeness (QED) is 0.542. The van der Waals surface area contributed by atoms with Crippen molar-refractivity contribution >= 4 is 29.1 Å². The lowest BCUT2D eigenvalue weighted by molar-refractivity contribution is -0.120. The number of halogens is 2. The van der Waals surface area contributed by atoms with Crippen LogP contribution >= 0.6 is 11.6 Å². The molecular formula is C22H21ClFN3O3. The molecule has 3 rings (SSSR count). The van der Waals surface area contributed by atoms with Crippen LogP contribution in [-0.4, -0.2) is 24.9 Å². The van der Waals surface area contributed by atoms with Crippen molar-refractivity contribution in [2.45, 2.75) is 13.0 Å². The number of nitrogens with two attached hydrogens (primary N) is 1. The summed E-state index contributed by atoms with van der Waals surface area (Å²) in [6.45, 7) is 0.443. The second-order valence-corrected chi connectivity index (χ2v) is 7.10. The average molecular weight is 430 g/mol.